The number of piperidine rings is 1. The van der Waals surface area contributed by atoms with Gasteiger partial charge < -0.3 is 15.4 Å². The number of ether oxygens (including phenoxy) is 1. The molecule has 2 aliphatic rings. The Labute approximate surface area is 215 Å². The predicted octanol–water partition coefficient (Wildman–Crippen LogP) is 4.31. The minimum atomic E-state index is -0.952. The summed E-state index contributed by atoms with van der Waals surface area (Å²) in [6, 6.07) is 17.2. The number of amides is 2. The van der Waals surface area contributed by atoms with E-state index in [1.807, 2.05) is 59.5 Å². The maximum absolute atomic E-state index is 13.7. The second-order valence-electron chi connectivity index (χ2n) is 9.28. The molecule has 35 heavy (non-hydrogen) atoms. The molecule has 2 aliphatic heterocycles. The largest absolute Gasteiger partial charge is 0.484 e. The number of carbonyl (C=O) groups excluding carboxylic acids is 2. The first-order chi connectivity index (χ1) is 16.9. The van der Waals surface area contributed by atoms with Crippen molar-refractivity contribution in [2.24, 2.45) is 16.6 Å². The summed E-state index contributed by atoms with van der Waals surface area (Å²) in [4.78, 5) is 34.6. The minimum Gasteiger partial charge on any atom is -0.484 e. The van der Waals surface area contributed by atoms with Crippen molar-refractivity contribution in [1.29, 1.82) is 0 Å². The number of para-hydroxylation sites is 1. The van der Waals surface area contributed by atoms with Gasteiger partial charge >= 0.3 is 0 Å². The van der Waals surface area contributed by atoms with Gasteiger partial charge in [-0.2, -0.15) is 0 Å². The molecule has 7 nitrogen and oxygen atoms in total. The fraction of sp³-hybridized carbons (Fsp3) is 0.444. The predicted molar refractivity (Wildman–Crippen MR) is 140 cm³/mol. The topological polar surface area (TPSA) is 88.2 Å². The van der Waals surface area contributed by atoms with Crippen LogP contribution in [0.4, 0.5) is 0 Å². The van der Waals surface area contributed by atoms with Crippen molar-refractivity contribution in [2.45, 2.75) is 44.6 Å². The number of hydrogen-bond acceptors (Lipinski definition) is 5. The fourth-order valence-corrected chi connectivity index (χ4v) is 5.10. The van der Waals surface area contributed by atoms with Gasteiger partial charge in [0.1, 0.15) is 5.75 Å². The van der Waals surface area contributed by atoms with Crippen LogP contribution in [0.25, 0.3) is 0 Å². The number of carbonyl (C=O) groups is 2. The quantitative estimate of drug-likeness (QED) is 0.513. The molecule has 2 aromatic rings. The molecule has 0 spiro atoms. The molecule has 1 atom stereocenters. The number of unbranched alkanes of at least 4 members (excludes halogenated alkanes) is 1. The van der Waals surface area contributed by atoms with E-state index in [0.717, 1.165) is 35.7 Å². The van der Waals surface area contributed by atoms with E-state index in [2.05, 4.69) is 22.9 Å². The van der Waals surface area contributed by atoms with Gasteiger partial charge in [0.2, 0.25) is 0 Å². The average molecular weight is 541 g/mol. The highest BCUT2D eigenvalue weighted by Gasteiger charge is 2.49. The van der Waals surface area contributed by atoms with Gasteiger partial charge in [-0.1, -0.05) is 66.0 Å². The van der Waals surface area contributed by atoms with Crippen molar-refractivity contribution in [3.05, 3.63) is 64.6 Å². The first-order valence-corrected chi connectivity index (χ1v) is 13.1. The third-order valence-corrected chi connectivity index (χ3v) is 7.44. The van der Waals surface area contributed by atoms with Crippen LogP contribution in [-0.4, -0.2) is 53.8 Å². The van der Waals surface area contributed by atoms with Crippen LogP contribution in [0.5, 0.6) is 5.75 Å². The number of aliphatic imine (C=N–C) groups is 1. The van der Waals surface area contributed by atoms with E-state index < -0.39 is 5.54 Å². The summed E-state index contributed by atoms with van der Waals surface area (Å²) in [5, 5.41) is 0. The van der Waals surface area contributed by atoms with Crippen molar-refractivity contribution in [3.63, 3.8) is 0 Å². The van der Waals surface area contributed by atoms with Crippen LogP contribution in [0.2, 0.25) is 0 Å². The molecule has 1 unspecified atom stereocenters. The number of halogens is 1. The number of rotatable bonds is 9. The maximum Gasteiger partial charge on any atom is 0.261 e. The number of benzene rings is 2. The summed E-state index contributed by atoms with van der Waals surface area (Å²) in [5.74, 6) is 1.19. The van der Waals surface area contributed by atoms with Gasteiger partial charge in [-0.3, -0.25) is 14.5 Å². The average Bonchev–Trinajstić information content (AvgIpc) is 3.12. The van der Waals surface area contributed by atoms with Gasteiger partial charge in [0.15, 0.2) is 18.1 Å². The van der Waals surface area contributed by atoms with Gasteiger partial charge in [0.05, 0.1) is 0 Å². The Kier molecular flexibility index (Phi) is 8.11. The van der Waals surface area contributed by atoms with Crippen LogP contribution in [-0.2, 0) is 15.1 Å². The highest BCUT2D eigenvalue weighted by Crippen LogP contribution is 2.39. The summed E-state index contributed by atoms with van der Waals surface area (Å²) in [7, 11) is 0. The van der Waals surface area contributed by atoms with E-state index in [1.165, 1.54) is 0 Å². The first kappa shape index (κ1) is 25.2. The lowest BCUT2D eigenvalue weighted by molar-refractivity contribution is -0.136. The van der Waals surface area contributed by atoms with Crippen LogP contribution in [0.15, 0.2) is 64.1 Å². The Morgan fingerprint density at radius 2 is 1.83 bits per heavy atom. The van der Waals surface area contributed by atoms with Crippen molar-refractivity contribution in [2.75, 3.05) is 26.2 Å². The first-order valence-electron chi connectivity index (χ1n) is 12.3. The van der Waals surface area contributed by atoms with Crippen molar-refractivity contribution in [3.8, 4) is 5.75 Å². The van der Waals surface area contributed by atoms with E-state index in [0.29, 0.717) is 37.8 Å². The summed E-state index contributed by atoms with van der Waals surface area (Å²) >= 11 is 3.47. The van der Waals surface area contributed by atoms with Gasteiger partial charge in [-0.15, -0.1) is 0 Å². The Morgan fingerprint density at radius 3 is 2.49 bits per heavy atom. The standard InChI is InChI=1S/C27H33BrN4O3/c1-2-3-15-27(21-9-11-22(28)12-10-21)25(34)32(26(29)30-27)18-20-13-16-31(17-14-20)24(33)19-35-23-7-5-4-6-8-23/h4-12,20H,2-3,13-19H2,1H3,(H2,29,30). The normalized spacial score (nSPS) is 20.7. The van der Waals surface area contributed by atoms with Crippen LogP contribution in [0.3, 0.4) is 0 Å². The second-order valence-corrected chi connectivity index (χ2v) is 10.2. The third-order valence-electron chi connectivity index (χ3n) is 6.91. The zero-order chi connectivity index (χ0) is 24.8. The number of nitrogens with two attached hydrogens (primary N) is 1. The van der Waals surface area contributed by atoms with E-state index in [-0.39, 0.29) is 24.3 Å². The van der Waals surface area contributed by atoms with E-state index in [1.54, 1.807) is 4.90 Å². The zero-order valence-electron chi connectivity index (χ0n) is 20.2. The Balaban J connectivity index is 1.35. The highest BCUT2D eigenvalue weighted by atomic mass is 79.9. The molecular weight excluding hydrogens is 508 g/mol. The maximum atomic E-state index is 13.7. The highest BCUT2D eigenvalue weighted by molar-refractivity contribution is 9.10. The molecule has 2 aromatic carbocycles. The van der Waals surface area contributed by atoms with Crippen LogP contribution in [0.1, 0.15) is 44.6 Å². The van der Waals surface area contributed by atoms with Crippen molar-refractivity contribution < 1.29 is 14.3 Å². The van der Waals surface area contributed by atoms with Crippen LogP contribution < -0.4 is 10.5 Å². The number of guanidine groups is 1. The molecule has 1 saturated heterocycles. The monoisotopic (exact) mass is 540 g/mol. The van der Waals surface area contributed by atoms with Crippen molar-refractivity contribution >= 4 is 33.7 Å². The lowest BCUT2D eigenvalue weighted by Gasteiger charge is -2.34. The number of likely N-dealkylation sites (tertiary alicyclic amines) is 1. The molecule has 0 saturated carbocycles. The molecule has 2 heterocycles. The molecule has 0 radical (unpaired) electrons. The summed E-state index contributed by atoms with van der Waals surface area (Å²) < 4.78 is 6.57. The minimum absolute atomic E-state index is 0.0144. The molecule has 0 aliphatic carbocycles. The van der Waals surface area contributed by atoms with Crippen molar-refractivity contribution in [1.82, 2.24) is 9.80 Å². The zero-order valence-corrected chi connectivity index (χ0v) is 21.7. The second kappa shape index (κ2) is 11.2. The molecule has 4 rings (SSSR count). The van der Waals surface area contributed by atoms with E-state index in [9.17, 15) is 9.59 Å². The van der Waals surface area contributed by atoms with Crippen LogP contribution in [0, 0.1) is 5.92 Å². The molecule has 186 valence electrons. The number of hydrogen-bond donors (Lipinski definition) is 1. The van der Waals surface area contributed by atoms with E-state index in [4.69, 9.17) is 15.5 Å². The molecule has 2 N–H and O–H groups in total. The van der Waals surface area contributed by atoms with Gasteiger partial charge in [-0.25, -0.2) is 4.99 Å². The lowest BCUT2D eigenvalue weighted by Crippen LogP contribution is -2.48. The molecule has 1 fully saturated rings. The van der Waals surface area contributed by atoms with Gasteiger partial charge in [0, 0.05) is 24.1 Å². The SMILES string of the molecule is CCCCC1(c2ccc(Br)cc2)N=C(N)N(CC2CCN(C(=O)COc3ccccc3)CC2)C1=O. The third kappa shape index (κ3) is 5.69. The summed E-state index contributed by atoms with van der Waals surface area (Å²) in [6.07, 6.45) is 4.12. The molecule has 2 amide bonds. The van der Waals surface area contributed by atoms with Gasteiger partial charge in [-0.05, 0) is 55.0 Å². The Bertz CT molecular complexity index is 1050. The smallest absolute Gasteiger partial charge is 0.261 e. The lowest BCUT2D eigenvalue weighted by atomic mass is 9.84. The van der Waals surface area contributed by atoms with Gasteiger partial charge in [0.25, 0.3) is 11.8 Å². The van der Waals surface area contributed by atoms with E-state index >= 15 is 0 Å². The van der Waals surface area contributed by atoms with Crippen LogP contribution >= 0.6 is 15.9 Å². The Morgan fingerprint density at radius 1 is 1.14 bits per heavy atom. The number of nitrogens with zero attached hydrogens (tertiary/aromatic N) is 3. The summed E-state index contributed by atoms with van der Waals surface area (Å²) in [5.41, 5.74) is 6.26. The molecule has 0 aromatic heterocycles. The molecular formula is C27H33BrN4O3. The molecule has 8 heteroatoms. The molecule has 0 bridgehead atoms. The summed E-state index contributed by atoms with van der Waals surface area (Å²) in [6.45, 7) is 3.97. The Hall–Kier alpha value is -2.87. The fourth-order valence-electron chi connectivity index (χ4n) is 4.84.